The standard InChI is InChI=1S/C20H20N6O3/c1-13-18(14(2)29-24-13)10-23-9-17(8-22)26-19(27)12-25(20(26)28)11-16-6-4-3-5-15(16)7-21/h3-6,8-9H,10-12,22H2,1-2H3. The van der Waals surface area contributed by atoms with Crippen molar-refractivity contribution in [3.05, 3.63) is 64.3 Å². The number of aliphatic imine (C=N–C) groups is 1. The van der Waals surface area contributed by atoms with Crippen LogP contribution < -0.4 is 5.73 Å². The van der Waals surface area contributed by atoms with Gasteiger partial charge in [-0.2, -0.15) is 5.26 Å². The third-order valence-corrected chi connectivity index (χ3v) is 4.62. The van der Waals surface area contributed by atoms with E-state index in [1.165, 1.54) is 17.3 Å². The second-order valence-corrected chi connectivity index (χ2v) is 6.50. The first-order valence-corrected chi connectivity index (χ1v) is 8.89. The maximum Gasteiger partial charge on any atom is 0.332 e. The topological polar surface area (TPSA) is 129 Å². The maximum atomic E-state index is 12.8. The molecule has 1 saturated heterocycles. The summed E-state index contributed by atoms with van der Waals surface area (Å²) in [7, 11) is 0. The van der Waals surface area contributed by atoms with Crippen LogP contribution in [0.15, 0.2) is 45.7 Å². The Morgan fingerprint density at radius 1 is 1.38 bits per heavy atom. The summed E-state index contributed by atoms with van der Waals surface area (Å²) < 4.78 is 5.09. The van der Waals surface area contributed by atoms with Crippen LogP contribution in [0.3, 0.4) is 0 Å². The second kappa shape index (κ2) is 8.39. The zero-order valence-electron chi connectivity index (χ0n) is 16.1. The van der Waals surface area contributed by atoms with Crippen molar-refractivity contribution in [3.63, 3.8) is 0 Å². The molecule has 0 atom stereocenters. The monoisotopic (exact) mass is 392 g/mol. The highest BCUT2D eigenvalue weighted by Gasteiger charge is 2.38. The van der Waals surface area contributed by atoms with Crippen molar-refractivity contribution in [3.8, 4) is 6.07 Å². The highest BCUT2D eigenvalue weighted by atomic mass is 16.5. The number of amides is 3. The Hall–Kier alpha value is -3.93. The lowest BCUT2D eigenvalue weighted by Crippen LogP contribution is -2.33. The van der Waals surface area contributed by atoms with Gasteiger partial charge in [0.1, 0.15) is 12.3 Å². The molecule has 1 aliphatic rings. The fourth-order valence-electron chi connectivity index (χ4n) is 3.03. The number of imide groups is 1. The Morgan fingerprint density at radius 2 is 2.14 bits per heavy atom. The number of carbonyl (C=O) groups is 2. The Morgan fingerprint density at radius 3 is 2.79 bits per heavy atom. The first-order valence-electron chi connectivity index (χ1n) is 8.89. The number of benzene rings is 1. The van der Waals surface area contributed by atoms with Crippen molar-refractivity contribution in [1.29, 1.82) is 5.26 Å². The Labute approximate surface area is 167 Å². The molecule has 1 aromatic carbocycles. The molecule has 2 aromatic rings. The van der Waals surface area contributed by atoms with Crippen molar-refractivity contribution in [2.45, 2.75) is 26.9 Å². The van der Waals surface area contributed by atoms with Crippen LogP contribution in [0.25, 0.3) is 0 Å². The number of nitriles is 1. The molecule has 0 bridgehead atoms. The van der Waals surface area contributed by atoms with E-state index in [4.69, 9.17) is 10.3 Å². The number of aromatic nitrogens is 1. The lowest BCUT2D eigenvalue weighted by molar-refractivity contribution is -0.123. The number of rotatable bonds is 6. The van der Waals surface area contributed by atoms with Gasteiger partial charge >= 0.3 is 6.03 Å². The Kier molecular flexibility index (Phi) is 5.74. The zero-order valence-corrected chi connectivity index (χ0v) is 16.1. The number of carbonyl (C=O) groups excluding carboxylic acids is 2. The molecule has 29 heavy (non-hydrogen) atoms. The summed E-state index contributed by atoms with van der Waals surface area (Å²) in [4.78, 5) is 31.9. The quantitative estimate of drug-likeness (QED) is 0.591. The summed E-state index contributed by atoms with van der Waals surface area (Å²) in [6, 6.07) is 8.53. The van der Waals surface area contributed by atoms with Crippen LogP contribution in [0.2, 0.25) is 0 Å². The lowest BCUT2D eigenvalue weighted by Gasteiger charge is -2.17. The van der Waals surface area contributed by atoms with Crippen LogP contribution in [-0.4, -0.2) is 39.7 Å². The third-order valence-electron chi connectivity index (χ3n) is 4.62. The molecule has 1 fully saturated rings. The third kappa shape index (κ3) is 4.01. The molecule has 2 heterocycles. The van der Waals surface area contributed by atoms with E-state index in [1.54, 1.807) is 31.2 Å². The molecule has 0 spiro atoms. The number of nitrogens with two attached hydrogens (primary N) is 1. The Balaban J connectivity index is 1.74. The molecular formula is C20H20N6O3. The molecule has 3 amide bonds. The van der Waals surface area contributed by atoms with Gasteiger partial charge in [-0.25, -0.2) is 9.69 Å². The maximum absolute atomic E-state index is 12.8. The van der Waals surface area contributed by atoms with Gasteiger partial charge in [-0.05, 0) is 25.5 Å². The van der Waals surface area contributed by atoms with Crippen LogP contribution in [0.5, 0.6) is 0 Å². The highest BCUT2D eigenvalue weighted by Crippen LogP contribution is 2.20. The van der Waals surface area contributed by atoms with Crippen LogP contribution >= 0.6 is 0 Å². The number of nitrogens with zero attached hydrogens (tertiary/aromatic N) is 5. The van der Waals surface area contributed by atoms with E-state index in [9.17, 15) is 14.9 Å². The molecule has 9 nitrogen and oxygen atoms in total. The van der Waals surface area contributed by atoms with Gasteiger partial charge in [0.05, 0.1) is 29.6 Å². The van der Waals surface area contributed by atoms with E-state index in [2.05, 4.69) is 16.2 Å². The predicted octanol–water partition coefficient (Wildman–Crippen LogP) is 2.00. The first-order chi connectivity index (χ1) is 14.0. The second-order valence-electron chi connectivity index (χ2n) is 6.50. The van der Waals surface area contributed by atoms with Gasteiger partial charge < -0.3 is 15.2 Å². The van der Waals surface area contributed by atoms with Crippen LogP contribution in [0.1, 0.15) is 28.1 Å². The summed E-state index contributed by atoms with van der Waals surface area (Å²) in [5.74, 6) is 0.249. The van der Waals surface area contributed by atoms with Crippen molar-refractivity contribution in [1.82, 2.24) is 15.0 Å². The van der Waals surface area contributed by atoms with E-state index in [0.717, 1.165) is 16.2 Å². The highest BCUT2D eigenvalue weighted by molar-refractivity contribution is 6.07. The van der Waals surface area contributed by atoms with Gasteiger partial charge in [0, 0.05) is 24.5 Å². The van der Waals surface area contributed by atoms with Crippen LogP contribution in [0.4, 0.5) is 4.79 Å². The minimum Gasteiger partial charge on any atom is -0.403 e. The number of hydrogen-bond acceptors (Lipinski definition) is 7. The van der Waals surface area contributed by atoms with Gasteiger partial charge in [-0.3, -0.25) is 9.79 Å². The first kappa shape index (κ1) is 19.8. The number of allylic oxidation sites excluding steroid dienone is 1. The minimum atomic E-state index is -0.511. The van der Waals surface area contributed by atoms with E-state index in [0.29, 0.717) is 16.9 Å². The van der Waals surface area contributed by atoms with Crippen LogP contribution in [-0.2, 0) is 17.9 Å². The summed E-state index contributed by atoms with van der Waals surface area (Å²) in [6.45, 7) is 3.93. The van der Waals surface area contributed by atoms with Crippen molar-refractivity contribution in [2.24, 2.45) is 10.7 Å². The van der Waals surface area contributed by atoms with Crippen molar-refractivity contribution in [2.75, 3.05) is 6.54 Å². The molecule has 148 valence electrons. The molecule has 3 rings (SSSR count). The molecule has 0 aliphatic carbocycles. The van der Waals surface area contributed by atoms with Gasteiger partial charge in [0.25, 0.3) is 5.91 Å². The van der Waals surface area contributed by atoms with Crippen LogP contribution in [0, 0.1) is 25.2 Å². The number of aryl methyl sites for hydroxylation is 2. The van der Waals surface area contributed by atoms with Gasteiger partial charge in [0.2, 0.25) is 0 Å². The summed E-state index contributed by atoms with van der Waals surface area (Å²) in [6.07, 6.45) is 2.55. The lowest BCUT2D eigenvalue weighted by atomic mass is 10.1. The minimum absolute atomic E-state index is 0.104. The molecule has 0 radical (unpaired) electrons. The van der Waals surface area contributed by atoms with E-state index in [1.807, 2.05) is 6.92 Å². The fraction of sp³-hybridized carbons (Fsp3) is 0.250. The Bertz CT molecular complexity index is 1030. The molecule has 0 unspecified atom stereocenters. The molecule has 1 aliphatic heterocycles. The number of hydrogen-bond donors (Lipinski definition) is 1. The fourth-order valence-corrected chi connectivity index (χ4v) is 3.03. The van der Waals surface area contributed by atoms with Crippen molar-refractivity contribution < 1.29 is 14.1 Å². The average molecular weight is 392 g/mol. The van der Waals surface area contributed by atoms with Gasteiger partial charge in [0.15, 0.2) is 0 Å². The summed E-state index contributed by atoms with van der Waals surface area (Å²) in [5, 5.41) is 13.1. The summed E-state index contributed by atoms with van der Waals surface area (Å²) >= 11 is 0. The largest absolute Gasteiger partial charge is 0.403 e. The average Bonchev–Trinajstić information content (AvgIpc) is 3.18. The molecular weight excluding hydrogens is 372 g/mol. The normalized spacial score (nSPS) is 14.9. The molecule has 1 aromatic heterocycles. The van der Waals surface area contributed by atoms with E-state index >= 15 is 0 Å². The molecule has 0 saturated carbocycles. The summed E-state index contributed by atoms with van der Waals surface area (Å²) in [5.41, 5.74) is 8.53. The molecule has 2 N–H and O–H groups in total. The SMILES string of the molecule is Cc1noc(C)c1CN=CC(=CN)N1C(=O)CN(Cc2ccccc2C#N)C1=O. The molecule has 9 heteroatoms. The van der Waals surface area contributed by atoms with Gasteiger partial charge in [-0.1, -0.05) is 23.4 Å². The predicted molar refractivity (Wildman–Crippen MR) is 104 cm³/mol. The zero-order chi connectivity index (χ0) is 21.0. The van der Waals surface area contributed by atoms with Crippen molar-refractivity contribution >= 4 is 18.2 Å². The number of urea groups is 1. The van der Waals surface area contributed by atoms with E-state index in [-0.39, 0.29) is 25.3 Å². The van der Waals surface area contributed by atoms with E-state index < -0.39 is 11.9 Å². The smallest absolute Gasteiger partial charge is 0.332 e. The van der Waals surface area contributed by atoms with Gasteiger partial charge in [-0.15, -0.1) is 0 Å².